The average Bonchev–Trinajstić information content (AvgIpc) is 3.42. The predicted molar refractivity (Wildman–Crippen MR) is 151 cm³/mol. The first-order valence-electron chi connectivity index (χ1n) is 12.4. The second-order valence-corrected chi connectivity index (χ2v) is 12.7. The van der Waals surface area contributed by atoms with E-state index in [2.05, 4.69) is 10.6 Å². The van der Waals surface area contributed by atoms with Crippen molar-refractivity contribution < 1.29 is 32.7 Å². The van der Waals surface area contributed by atoms with E-state index < -0.39 is 26.9 Å². The number of carbonyl (C=O) groups is 3. The van der Waals surface area contributed by atoms with E-state index >= 15 is 0 Å². The summed E-state index contributed by atoms with van der Waals surface area (Å²) in [5.74, 6) is -0.933. The summed E-state index contributed by atoms with van der Waals surface area (Å²) in [5, 5.41) is 14.5. The topological polar surface area (TPSA) is 154 Å². The van der Waals surface area contributed by atoms with Crippen LogP contribution in [0.3, 0.4) is 0 Å². The van der Waals surface area contributed by atoms with Gasteiger partial charge < -0.3 is 20.3 Å². The van der Waals surface area contributed by atoms with Gasteiger partial charge in [0.05, 0.1) is 19.3 Å². The van der Waals surface area contributed by atoms with Gasteiger partial charge in [0.15, 0.2) is 9.84 Å². The van der Waals surface area contributed by atoms with Gasteiger partial charge in [-0.25, -0.2) is 18.7 Å². The van der Waals surface area contributed by atoms with Gasteiger partial charge in [-0.3, -0.25) is 14.8 Å². The number of hydrogen-bond acceptors (Lipinski definition) is 8. The number of amides is 4. The molecule has 1 unspecified atom stereocenters. The molecular formula is C27H30N4O7S2. The van der Waals surface area contributed by atoms with Crippen LogP contribution in [0.15, 0.2) is 60.7 Å². The Bertz CT molecular complexity index is 1510. The molecule has 2 aromatic carbocycles. The molecule has 1 aliphatic rings. The van der Waals surface area contributed by atoms with E-state index in [0.717, 1.165) is 10.4 Å². The summed E-state index contributed by atoms with van der Waals surface area (Å²) in [6, 6.07) is 16.7. The molecule has 2 heterocycles. The van der Waals surface area contributed by atoms with Crippen molar-refractivity contribution in [1.82, 2.24) is 15.7 Å². The van der Waals surface area contributed by atoms with Gasteiger partial charge in [-0.05, 0) is 60.5 Å². The molecule has 4 rings (SSSR count). The van der Waals surface area contributed by atoms with Crippen LogP contribution in [-0.2, 0) is 19.4 Å². The molecule has 4 amide bonds. The van der Waals surface area contributed by atoms with E-state index in [1.54, 1.807) is 60.1 Å². The van der Waals surface area contributed by atoms with Crippen molar-refractivity contribution in [1.29, 1.82) is 0 Å². The van der Waals surface area contributed by atoms with Crippen molar-refractivity contribution in [2.24, 2.45) is 0 Å². The lowest BCUT2D eigenvalue weighted by molar-refractivity contribution is -0.129. The van der Waals surface area contributed by atoms with E-state index in [9.17, 15) is 28.0 Å². The number of urea groups is 1. The Hall–Kier alpha value is -3.94. The van der Waals surface area contributed by atoms with Crippen LogP contribution in [0.5, 0.6) is 5.75 Å². The molecule has 1 saturated heterocycles. The van der Waals surface area contributed by atoms with Crippen LogP contribution < -0.4 is 20.9 Å². The SMILES string of the molecule is CNC(=O)Nc1cccc(-c2ccc(C3(CC(=O)NO)CCN(C(=O)c4ccc(OC)cc4)CCS3(=O)=O)s2)c1. The molecule has 13 heteroatoms. The number of nitrogens with zero attached hydrogens (tertiary/aromatic N) is 1. The minimum absolute atomic E-state index is 0.0388. The number of methoxy groups -OCH3 is 1. The molecule has 40 heavy (non-hydrogen) atoms. The van der Waals surface area contributed by atoms with Crippen LogP contribution in [0, 0.1) is 0 Å². The molecule has 212 valence electrons. The number of anilines is 1. The molecule has 1 atom stereocenters. The lowest BCUT2D eigenvalue weighted by atomic mass is 9.97. The zero-order valence-corrected chi connectivity index (χ0v) is 23.6. The third kappa shape index (κ3) is 5.96. The van der Waals surface area contributed by atoms with Gasteiger partial charge in [-0.2, -0.15) is 0 Å². The Morgan fingerprint density at radius 3 is 2.50 bits per heavy atom. The second kappa shape index (κ2) is 12.1. The quantitative estimate of drug-likeness (QED) is 0.245. The Morgan fingerprint density at radius 1 is 1.07 bits per heavy atom. The van der Waals surface area contributed by atoms with Crippen LogP contribution in [0.2, 0.25) is 0 Å². The van der Waals surface area contributed by atoms with Gasteiger partial charge in [0.2, 0.25) is 5.91 Å². The van der Waals surface area contributed by atoms with Crippen molar-refractivity contribution in [3.8, 4) is 16.2 Å². The number of hydrogen-bond donors (Lipinski definition) is 4. The van der Waals surface area contributed by atoms with Gasteiger partial charge >= 0.3 is 6.03 Å². The maximum absolute atomic E-state index is 13.9. The van der Waals surface area contributed by atoms with E-state index in [1.807, 2.05) is 6.07 Å². The largest absolute Gasteiger partial charge is 0.497 e. The molecule has 0 saturated carbocycles. The number of thiophene rings is 1. The highest BCUT2D eigenvalue weighted by Crippen LogP contribution is 2.45. The minimum Gasteiger partial charge on any atom is -0.497 e. The number of rotatable bonds is 7. The predicted octanol–water partition coefficient (Wildman–Crippen LogP) is 3.23. The zero-order chi connectivity index (χ0) is 28.9. The van der Waals surface area contributed by atoms with Crippen molar-refractivity contribution in [2.75, 3.05) is 38.3 Å². The highest BCUT2D eigenvalue weighted by Gasteiger charge is 2.50. The first-order chi connectivity index (χ1) is 19.1. The fourth-order valence-corrected chi connectivity index (χ4v) is 8.27. The Labute approximate surface area is 236 Å². The molecule has 0 spiro atoms. The van der Waals surface area contributed by atoms with Crippen LogP contribution in [-0.4, -0.2) is 69.4 Å². The Kier molecular flexibility index (Phi) is 8.76. The highest BCUT2D eigenvalue weighted by atomic mass is 32.2. The van der Waals surface area contributed by atoms with Gasteiger partial charge in [0.25, 0.3) is 5.91 Å². The maximum Gasteiger partial charge on any atom is 0.318 e. The fraction of sp³-hybridized carbons (Fsp3) is 0.296. The first kappa shape index (κ1) is 29.1. The molecule has 11 nitrogen and oxygen atoms in total. The number of nitrogens with one attached hydrogen (secondary N) is 3. The van der Waals surface area contributed by atoms with Crippen LogP contribution >= 0.6 is 11.3 Å². The van der Waals surface area contributed by atoms with Crippen LogP contribution in [0.1, 0.15) is 28.1 Å². The molecule has 0 radical (unpaired) electrons. The average molecular weight is 587 g/mol. The summed E-state index contributed by atoms with van der Waals surface area (Å²) in [6.45, 7) is 0.0443. The normalized spacial score (nSPS) is 18.3. The molecule has 0 bridgehead atoms. The summed E-state index contributed by atoms with van der Waals surface area (Å²) in [6.07, 6.45) is -0.544. The van der Waals surface area contributed by atoms with Crippen molar-refractivity contribution in [3.05, 3.63) is 71.1 Å². The Balaban J connectivity index is 1.68. The van der Waals surface area contributed by atoms with E-state index in [-0.39, 0.29) is 37.2 Å². The van der Waals surface area contributed by atoms with Crippen molar-refractivity contribution in [2.45, 2.75) is 17.6 Å². The minimum atomic E-state index is -3.98. The molecule has 4 N–H and O–H groups in total. The summed E-state index contributed by atoms with van der Waals surface area (Å²) in [4.78, 5) is 40.1. The molecular weight excluding hydrogens is 556 g/mol. The van der Waals surface area contributed by atoms with Crippen LogP contribution in [0.25, 0.3) is 10.4 Å². The maximum atomic E-state index is 13.9. The van der Waals surface area contributed by atoms with Crippen molar-refractivity contribution in [3.63, 3.8) is 0 Å². The monoisotopic (exact) mass is 586 g/mol. The summed E-state index contributed by atoms with van der Waals surface area (Å²) in [7, 11) is -0.950. The highest BCUT2D eigenvalue weighted by molar-refractivity contribution is 7.92. The number of carbonyl (C=O) groups excluding carboxylic acids is 3. The van der Waals surface area contributed by atoms with E-state index in [4.69, 9.17) is 4.74 Å². The third-order valence-corrected chi connectivity index (χ3v) is 10.8. The molecule has 1 fully saturated rings. The van der Waals surface area contributed by atoms with Crippen molar-refractivity contribution >= 4 is 44.7 Å². The van der Waals surface area contributed by atoms with Gasteiger partial charge in [0.1, 0.15) is 10.5 Å². The molecule has 3 aromatic rings. The van der Waals surface area contributed by atoms with Gasteiger partial charge in [0, 0.05) is 41.1 Å². The molecule has 1 aromatic heterocycles. The van der Waals surface area contributed by atoms with E-state index in [1.165, 1.54) is 30.4 Å². The zero-order valence-electron chi connectivity index (χ0n) is 22.0. The van der Waals surface area contributed by atoms with Gasteiger partial charge in [-0.15, -0.1) is 11.3 Å². The third-order valence-electron chi connectivity index (χ3n) is 6.89. The number of ether oxygens (including phenoxy) is 1. The molecule has 0 aliphatic carbocycles. The smallest absolute Gasteiger partial charge is 0.318 e. The summed E-state index contributed by atoms with van der Waals surface area (Å²) < 4.78 is 31.2. The lowest BCUT2D eigenvalue weighted by Crippen LogP contribution is -2.41. The number of sulfone groups is 1. The second-order valence-electron chi connectivity index (χ2n) is 9.24. The fourth-order valence-electron chi connectivity index (χ4n) is 4.67. The van der Waals surface area contributed by atoms with Crippen LogP contribution in [0.4, 0.5) is 10.5 Å². The van der Waals surface area contributed by atoms with Gasteiger partial charge in [-0.1, -0.05) is 12.1 Å². The Morgan fingerprint density at radius 2 is 1.82 bits per heavy atom. The number of hydroxylamine groups is 1. The summed E-state index contributed by atoms with van der Waals surface area (Å²) in [5.41, 5.74) is 3.26. The summed E-state index contributed by atoms with van der Waals surface area (Å²) >= 11 is 1.21. The first-order valence-corrected chi connectivity index (χ1v) is 14.9. The number of benzene rings is 2. The lowest BCUT2D eigenvalue weighted by Gasteiger charge is -2.30. The molecule has 1 aliphatic heterocycles. The van der Waals surface area contributed by atoms with E-state index in [0.29, 0.717) is 21.9 Å². The standard InChI is InChI=1S/C27H30N4O7S2/c1-28-26(34)29-20-5-3-4-19(16-20)22-10-11-23(39-22)27(17-24(32)30-35)12-13-31(14-15-40(27,36)37)25(33)18-6-8-21(38-2)9-7-18/h3-11,16,35H,12-15,17H2,1-2H3,(H,30,32)(H2,28,29,34).